The number of benzene rings is 10. The van der Waals surface area contributed by atoms with Crippen molar-refractivity contribution in [1.29, 1.82) is 0 Å². The lowest BCUT2D eigenvalue weighted by Crippen LogP contribution is -2.54. The van der Waals surface area contributed by atoms with Gasteiger partial charge in [-0.3, -0.25) is 0 Å². The van der Waals surface area contributed by atoms with E-state index < -0.39 is 0 Å². The zero-order chi connectivity index (χ0) is 41.7. The van der Waals surface area contributed by atoms with E-state index in [1.807, 2.05) is 0 Å². The number of rotatable bonds is 6. The molecule has 1 heterocycles. The number of hydrogen-bond acceptors (Lipinski definition) is 2. The van der Waals surface area contributed by atoms with Crippen molar-refractivity contribution in [3.05, 3.63) is 188 Å². The average Bonchev–Trinajstić information content (AvgIpc) is 3.53. The average molecular weight is 799 g/mol. The van der Waals surface area contributed by atoms with Crippen molar-refractivity contribution in [2.45, 2.75) is 50.5 Å². The Kier molecular flexibility index (Phi) is 8.22. The highest BCUT2D eigenvalue weighted by Gasteiger charge is 2.57. The molecule has 0 radical (unpaired) electrons. The maximum absolute atomic E-state index is 2.70. The van der Waals surface area contributed by atoms with Crippen LogP contribution in [0, 0.1) is 0 Å². The molecule has 1 saturated carbocycles. The lowest BCUT2D eigenvalue weighted by Gasteiger charge is -2.50. The fourth-order valence-electron chi connectivity index (χ4n) is 11.8. The van der Waals surface area contributed by atoms with Gasteiger partial charge in [0.25, 0.3) is 0 Å². The zero-order valence-electron chi connectivity index (χ0n) is 36.0. The molecule has 10 aromatic carbocycles. The fourth-order valence-corrected chi connectivity index (χ4v) is 11.8. The summed E-state index contributed by atoms with van der Waals surface area (Å²) in [5.41, 5.74) is 15.4. The van der Waals surface area contributed by atoms with Crippen LogP contribution in [0.1, 0.15) is 45.1 Å². The molecular formula is C60H50N2. The van der Waals surface area contributed by atoms with Crippen molar-refractivity contribution in [1.82, 2.24) is 0 Å². The van der Waals surface area contributed by atoms with Crippen LogP contribution in [0.2, 0.25) is 0 Å². The topological polar surface area (TPSA) is 6.48 Å². The first-order valence-corrected chi connectivity index (χ1v) is 22.4. The zero-order valence-corrected chi connectivity index (χ0v) is 36.0. The first-order valence-electron chi connectivity index (χ1n) is 22.4. The van der Waals surface area contributed by atoms with E-state index in [9.17, 15) is 0 Å². The van der Waals surface area contributed by atoms with E-state index in [0.717, 1.165) is 0 Å². The summed E-state index contributed by atoms with van der Waals surface area (Å²) < 4.78 is 0. The van der Waals surface area contributed by atoms with Crippen LogP contribution in [0.15, 0.2) is 182 Å². The summed E-state index contributed by atoms with van der Waals surface area (Å²) in [7, 11) is 4.24. The Hall–Kier alpha value is -6.90. The molecule has 0 bridgehead atoms. The molecule has 2 heteroatoms. The van der Waals surface area contributed by atoms with Crippen LogP contribution >= 0.6 is 0 Å². The van der Waals surface area contributed by atoms with E-state index in [4.69, 9.17) is 0 Å². The third-order valence-corrected chi connectivity index (χ3v) is 15.2. The van der Waals surface area contributed by atoms with E-state index >= 15 is 0 Å². The highest BCUT2D eigenvalue weighted by molar-refractivity contribution is 6.32. The van der Waals surface area contributed by atoms with Gasteiger partial charge in [0.05, 0.1) is 5.54 Å². The summed E-state index contributed by atoms with van der Waals surface area (Å²) >= 11 is 0. The molecule has 0 amide bonds. The highest BCUT2D eigenvalue weighted by Crippen LogP contribution is 2.61. The SMILES string of the molecule is CN(C)c1ccc(N2c3ccc(-c4cc(-c5ccccc5)c5ccc6c(-c7cccc8ccccc78)cc(-c7ccccc7)c7ccc4c5c76)cc3C3(C)CCCCC23C)cc1. The predicted molar refractivity (Wildman–Crippen MR) is 267 cm³/mol. The normalized spacial score (nSPS) is 18.5. The van der Waals surface area contributed by atoms with Gasteiger partial charge in [0.15, 0.2) is 0 Å². The van der Waals surface area contributed by atoms with E-state index in [1.165, 1.54) is 136 Å². The van der Waals surface area contributed by atoms with Gasteiger partial charge in [0, 0.05) is 36.6 Å². The smallest absolute Gasteiger partial charge is 0.0517 e. The van der Waals surface area contributed by atoms with Crippen molar-refractivity contribution < 1.29 is 0 Å². The lowest BCUT2D eigenvalue weighted by atomic mass is 9.61. The lowest BCUT2D eigenvalue weighted by molar-refractivity contribution is 0.195. The second-order valence-electron chi connectivity index (χ2n) is 18.6. The first-order chi connectivity index (χ1) is 30.3. The van der Waals surface area contributed by atoms with Crippen molar-refractivity contribution in [2.75, 3.05) is 23.9 Å². The minimum absolute atomic E-state index is 0.000796. The second-order valence-corrected chi connectivity index (χ2v) is 18.6. The van der Waals surface area contributed by atoms with E-state index in [-0.39, 0.29) is 11.0 Å². The largest absolute Gasteiger partial charge is 0.378 e. The second kappa shape index (κ2) is 13.8. The maximum Gasteiger partial charge on any atom is 0.0517 e. The molecule has 10 aromatic rings. The Morgan fingerprint density at radius 3 is 1.63 bits per heavy atom. The number of anilines is 3. The fraction of sp³-hybridized carbons (Fsp3) is 0.167. The summed E-state index contributed by atoms with van der Waals surface area (Å²) in [4.78, 5) is 4.89. The standard InChI is InChI=1S/C60H50N2/c1-59-34-13-14-35-60(59,2)62(44-27-25-43(26-28-44)61(3)4)56-33-24-42(36-55(56)59)53-37-51(40-16-7-5-8-17-40)47-31-32-50-54(46-23-15-21-39-20-11-12-22-45(39)46)38-52(41-18-9-6-10-19-41)48-29-30-49(53)57(47)58(48)50/h5-12,15-33,36-38H,13-14,34-35H2,1-4H3. The first kappa shape index (κ1) is 36.9. The molecule has 0 N–H and O–H groups in total. The Morgan fingerprint density at radius 1 is 0.435 bits per heavy atom. The molecule has 62 heavy (non-hydrogen) atoms. The van der Waals surface area contributed by atoms with Gasteiger partial charge in [-0.1, -0.05) is 153 Å². The summed E-state index contributed by atoms with van der Waals surface area (Å²) in [6, 6.07) is 68.9. The quantitative estimate of drug-likeness (QED) is 0.155. The molecule has 300 valence electrons. The highest BCUT2D eigenvalue weighted by atomic mass is 15.3. The van der Waals surface area contributed by atoms with Crippen molar-refractivity contribution >= 4 is 60.2 Å². The molecule has 0 aromatic heterocycles. The van der Waals surface area contributed by atoms with Crippen LogP contribution in [-0.2, 0) is 5.41 Å². The number of hydrogen-bond donors (Lipinski definition) is 0. The Morgan fingerprint density at radius 2 is 0.984 bits per heavy atom. The van der Waals surface area contributed by atoms with Gasteiger partial charge >= 0.3 is 0 Å². The molecule has 2 nitrogen and oxygen atoms in total. The van der Waals surface area contributed by atoms with Gasteiger partial charge in [0.2, 0.25) is 0 Å². The van der Waals surface area contributed by atoms with Gasteiger partial charge in [-0.15, -0.1) is 0 Å². The number of fused-ring (bicyclic) bond motifs is 4. The Bertz CT molecular complexity index is 3340. The minimum Gasteiger partial charge on any atom is -0.378 e. The molecule has 1 aliphatic heterocycles. The molecule has 2 atom stereocenters. The molecule has 0 saturated heterocycles. The van der Waals surface area contributed by atoms with E-state index in [2.05, 4.69) is 220 Å². The molecule has 12 rings (SSSR count). The van der Waals surface area contributed by atoms with Crippen LogP contribution < -0.4 is 9.80 Å². The third kappa shape index (κ3) is 5.29. The van der Waals surface area contributed by atoms with Crippen LogP contribution in [0.3, 0.4) is 0 Å². The van der Waals surface area contributed by atoms with Crippen LogP contribution in [0.5, 0.6) is 0 Å². The van der Waals surface area contributed by atoms with Crippen LogP contribution in [0.25, 0.3) is 87.6 Å². The van der Waals surface area contributed by atoms with Crippen molar-refractivity contribution in [2.24, 2.45) is 0 Å². The van der Waals surface area contributed by atoms with Gasteiger partial charge in [-0.25, -0.2) is 0 Å². The molecule has 2 aliphatic rings. The van der Waals surface area contributed by atoms with Crippen molar-refractivity contribution in [3.63, 3.8) is 0 Å². The van der Waals surface area contributed by atoms with Crippen LogP contribution in [-0.4, -0.2) is 19.6 Å². The van der Waals surface area contributed by atoms with E-state index in [1.54, 1.807) is 0 Å². The Labute approximate surface area is 365 Å². The Balaban J connectivity index is 1.16. The monoisotopic (exact) mass is 798 g/mol. The van der Waals surface area contributed by atoms with Crippen LogP contribution in [0.4, 0.5) is 17.1 Å². The summed E-state index contributed by atoms with van der Waals surface area (Å²) in [6.07, 6.45) is 4.85. The van der Waals surface area contributed by atoms with Crippen molar-refractivity contribution in [3.8, 4) is 44.5 Å². The molecule has 1 aliphatic carbocycles. The van der Waals surface area contributed by atoms with Gasteiger partial charge in [-0.2, -0.15) is 0 Å². The van der Waals surface area contributed by atoms with Gasteiger partial charge < -0.3 is 9.80 Å². The predicted octanol–water partition coefficient (Wildman–Crippen LogP) is 16.2. The summed E-state index contributed by atoms with van der Waals surface area (Å²) in [5.74, 6) is 0. The van der Waals surface area contributed by atoms with E-state index in [0.29, 0.717) is 0 Å². The molecule has 2 unspecified atom stereocenters. The molecular weight excluding hydrogens is 749 g/mol. The molecule has 0 spiro atoms. The third-order valence-electron chi connectivity index (χ3n) is 15.2. The van der Waals surface area contributed by atoms with Gasteiger partial charge in [0.1, 0.15) is 0 Å². The maximum atomic E-state index is 2.70. The minimum atomic E-state index is -0.0322. The molecule has 1 fully saturated rings. The van der Waals surface area contributed by atoms with Gasteiger partial charge in [-0.05, 0) is 161 Å². The number of nitrogens with zero attached hydrogens (tertiary/aromatic N) is 2. The summed E-state index contributed by atoms with van der Waals surface area (Å²) in [6.45, 7) is 5.09. The summed E-state index contributed by atoms with van der Waals surface area (Å²) in [5, 5.41) is 10.4.